The Bertz CT molecular complexity index is 1950. The predicted molar refractivity (Wildman–Crippen MR) is 200 cm³/mol. The fraction of sp³-hybridized carbons (Fsp3) is 0.526. The van der Waals surface area contributed by atoms with Gasteiger partial charge in [-0.1, -0.05) is 6.08 Å². The van der Waals surface area contributed by atoms with Crippen LogP contribution in [0.4, 0.5) is 17.3 Å². The highest BCUT2D eigenvalue weighted by molar-refractivity contribution is 5.77. The maximum Gasteiger partial charge on any atom is 0.278 e. The summed E-state index contributed by atoms with van der Waals surface area (Å²) in [6.45, 7) is 10.6. The standard InChI is InChI=1S/C38H50N8O7/c1-6-14-45-36(47)29-21-39-37(42-35(29)46(45)33-20-28(53-24-49-5)19-32(41-33)38(2,3)48)40-25-10-13-30(44-22-26-11-12-27(23-44)43(26)4)31(18-25)50-16-17-52-34-9-7-8-15-51-34/h6,10,13,18-21,26-27,34,48H,1,7-9,11-12,14-17,22-24H2,2-5H3,(H,39,40,42). The van der Waals surface area contributed by atoms with Crippen LogP contribution in [0.2, 0.25) is 0 Å². The molecule has 284 valence electrons. The number of methoxy groups -OCH3 is 1. The van der Waals surface area contributed by atoms with Crippen LogP contribution in [0.1, 0.15) is 51.6 Å². The van der Waals surface area contributed by atoms with E-state index >= 15 is 0 Å². The molecule has 0 aliphatic carbocycles. The SMILES string of the molecule is C=CCn1c(=O)c2cnc(Nc3ccc(N4CC5CCC(C4)N5C)c(OCCOC4CCCCO4)c3)nc2n1-c1cc(OCOC)cc(C(C)(C)O)n1. The minimum Gasteiger partial charge on any atom is -0.489 e. The van der Waals surface area contributed by atoms with Gasteiger partial charge in [0.1, 0.15) is 29.1 Å². The van der Waals surface area contributed by atoms with E-state index in [4.69, 9.17) is 33.7 Å². The van der Waals surface area contributed by atoms with E-state index in [9.17, 15) is 9.90 Å². The van der Waals surface area contributed by atoms with Crippen LogP contribution in [0.5, 0.6) is 11.5 Å². The zero-order valence-corrected chi connectivity index (χ0v) is 31.0. The summed E-state index contributed by atoms with van der Waals surface area (Å²) in [5.41, 5.74) is 0.782. The molecule has 3 aliphatic rings. The first-order valence-electron chi connectivity index (χ1n) is 18.3. The van der Waals surface area contributed by atoms with Crippen molar-refractivity contribution in [3.05, 3.63) is 65.2 Å². The van der Waals surface area contributed by atoms with Gasteiger partial charge in [0, 0.05) is 69.0 Å². The molecule has 0 amide bonds. The number of piperazine rings is 1. The highest BCUT2D eigenvalue weighted by Crippen LogP contribution is 2.38. The number of fused-ring (bicyclic) bond motifs is 3. The molecular formula is C38H50N8O7. The topological polar surface area (TPSA) is 150 Å². The molecule has 15 nitrogen and oxygen atoms in total. The first-order chi connectivity index (χ1) is 25.6. The summed E-state index contributed by atoms with van der Waals surface area (Å²) in [6.07, 6.45) is 8.40. The lowest BCUT2D eigenvalue weighted by Gasteiger charge is -2.40. The van der Waals surface area contributed by atoms with Crippen LogP contribution in [0, 0.1) is 0 Å². The van der Waals surface area contributed by atoms with Gasteiger partial charge in [-0.25, -0.2) is 19.3 Å². The molecule has 1 aromatic carbocycles. The van der Waals surface area contributed by atoms with Crippen molar-refractivity contribution in [3.8, 4) is 17.3 Å². The average molecular weight is 731 g/mol. The Kier molecular flexibility index (Phi) is 11.0. The van der Waals surface area contributed by atoms with Gasteiger partial charge in [-0.3, -0.25) is 9.69 Å². The van der Waals surface area contributed by atoms with Gasteiger partial charge in [0.15, 0.2) is 24.5 Å². The smallest absolute Gasteiger partial charge is 0.278 e. The van der Waals surface area contributed by atoms with Crippen molar-refractivity contribution in [3.63, 3.8) is 0 Å². The fourth-order valence-corrected chi connectivity index (χ4v) is 7.31. The molecule has 3 unspecified atom stereocenters. The summed E-state index contributed by atoms with van der Waals surface area (Å²) in [7, 11) is 3.75. The second-order valence-electron chi connectivity index (χ2n) is 14.4. The molecule has 53 heavy (non-hydrogen) atoms. The lowest BCUT2D eigenvalue weighted by atomic mass is 10.0. The Morgan fingerprint density at radius 2 is 1.89 bits per heavy atom. The first-order valence-corrected chi connectivity index (χ1v) is 18.3. The normalized spacial score (nSPS) is 20.5. The average Bonchev–Trinajstić information content (AvgIpc) is 3.51. The quantitative estimate of drug-likeness (QED) is 0.102. The molecule has 0 spiro atoms. The predicted octanol–water partition coefficient (Wildman–Crippen LogP) is 4.32. The fourth-order valence-electron chi connectivity index (χ4n) is 7.31. The van der Waals surface area contributed by atoms with Crippen molar-refractivity contribution in [2.45, 2.75) is 76.5 Å². The van der Waals surface area contributed by atoms with Crippen molar-refractivity contribution >= 4 is 28.4 Å². The Balaban J connectivity index is 1.21. The van der Waals surface area contributed by atoms with E-state index in [2.05, 4.69) is 39.8 Å². The van der Waals surface area contributed by atoms with Gasteiger partial charge in [-0.15, -0.1) is 6.58 Å². The molecule has 3 aliphatic heterocycles. The maximum absolute atomic E-state index is 13.7. The molecule has 4 aromatic rings. The molecule has 0 radical (unpaired) electrons. The number of pyridine rings is 1. The van der Waals surface area contributed by atoms with Gasteiger partial charge < -0.3 is 39.0 Å². The number of anilines is 3. The number of nitrogens with zero attached hydrogens (tertiary/aromatic N) is 7. The van der Waals surface area contributed by atoms with E-state index in [1.165, 1.54) is 30.8 Å². The number of aliphatic hydroxyl groups is 1. The van der Waals surface area contributed by atoms with Crippen LogP contribution >= 0.6 is 0 Å². The van der Waals surface area contributed by atoms with Crippen LogP contribution in [-0.2, 0) is 26.4 Å². The number of hydrogen-bond acceptors (Lipinski definition) is 13. The highest BCUT2D eigenvalue weighted by Gasteiger charge is 2.38. The summed E-state index contributed by atoms with van der Waals surface area (Å²) in [6, 6.07) is 10.4. The van der Waals surface area contributed by atoms with E-state index in [-0.39, 0.29) is 31.1 Å². The molecule has 0 saturated carbocycles. The molecule has 2 bridgehead atoms. The third-order valence-corrected chi connectivity index (χ3v) is 10.1. The highest BCUT2D eigenvalue weighted by atomic mass is 16.7. The van der Waals surface area contributed by atoms with Crippen molar-refractivity contribution in [1.29, 1.82) is 0 Å². The summed E-state index contributed by atoms with van der Waals surface area (Å²) in [5.74, 6) is 1.72. The van der Waals surface area contributed by atoms with Gasteiger partial charge in [0.05, 0.1) is 24.5 Å². The van der Waals surface area contributed by atoms with E-state index in [0.717, 1.165) is 50.4 Å². The molecule has 3 saturated heterocycles. The monoisotopic (exact) mass is 730 g/mol. The largest absolute Gasteiger partial charge is 0.489 e. The van der Waals surface area contributed by atoms with Crippen molar-refractivity contribution in [1.82, 2.24) is 29.2 Å². The minimum absolute atomic E-state index is 0.0146. The molecular weight excluding hydrogens is 680 g/mol. The Morgan fingerprint density at radius 1 is 1.08 bits per heavy atom. The number of rotatable bonds is 15. The molecule has 7 rings (SSSR count). The summed E-state index contributed by atoms with van der Waals surface area (Å²) >= 11 is 0. The zero-order chi connectivity index (χ0) is 37.1. The first kappa shape index (κ1) is 36.8. The number of ether oxygens (including phenoxy) is 5. The van der Waals surface area contributed by atoms with Crippen LogP contribution in [-0.4, -0.2) is 107 Å². The molecule has 6 heterocycles. The number of benzene rings is 1. The Hall–Kier alpha value is -4.54. The van der Waals surface area contributed by atoms with Gasteiger partial charge in [-0.05, 0) is 65.1 Å². The van der Waals surface area contributed by atoms with Gasteiger partial charge >= 0.3 is 0 Å². The van der Waals surface area contributed by atoms with Crippen LogP contribution in [0.15, 0.2) is 54.0 Å². The lowest BCUT2D eigenvalue weighted by molar-refractivity contribution is -0.165. The third kappa shape index (κ3) is 8.04. The Labute approximate surface area is 309 Å². The molecule has 3 atom stereocenters. The van der Waals surface area contributed by atoms with Crippen LogP contribution in [0.3, 0.4) is 0 Å². The lowest BCUT2D eigenvalue weighted by Crippen LogP contribution is -2.52. The maximum atomic E-state index is 13.7. The summed E-state index contributed by atoms with van der Waals surface area (Å²) in [4.78, 5) is 32.7. The van der Waals surface area contributed by atoms with Gasteiger partial charge in [0.25, 0.3) is 5.56 Å². The summed E-state index contributed by atoms with van der Waals surface area (Å²) in [5, 5.41) is 14.5. The summed E-state index contributed by atoms with van der Waals surface area (Å²) < 4.78 is 32.1. The number of nitrogens with one attached hydrogen (secondary N) is 1. The molecule has 3 aromatic heterocycles. The van der Waals surface area contributed by atoms with Gasteiger partial charge in [-0.2, -0.15) is 4.98 Å². The zero-order valence-electron chi connectivity index (χ0n) is 31.0. The number of allylic oxidation sites excluding steroid dienone is 1. The minimum atomic E-state index is -1.30. The van der Waals surface area contributed by atoms with Crippen molar-refractivity contribution in [2.24, 2.45) is 0 Å². The number of hydrogen-bond donors (Lipinski definition) is 2. The Morgan fingerprint density at radius 3 is 2.60 bits per heavy atom. The van der Waals surface area contributed by atoms with Crippen LogP contribution < -0.4 is 25.2 Å². The van der Waals surface area contributed by atoms with E-state index in [1.54, 1.807) is 36.7 Å². The van der Waals surface area contributed by atoms with Crippen LogP contribution in [0.25, 0.3) is 16.9 Å². The number of likely N-dealkylation sites (N-methyl/N-ethyl adjacent to an activating group) is 1. The van der Waals surface area contributed by atoms with E-state index in [0.29, 0.717) is 59.3 Å². The second kappa shape index (κ2) is 15.8. The third-order valence-electron chi connectivity index (χ3n) is 10.1. The molecule has 3 fully saturated rings. The van der Waals surface area contributed by atoms with E-state index < -0.39 is 5.60 Å². The van der Waals surface area contributed by atoms with Crippen molar-refractivity contribution in [2.75, 3.05) is 64.1 Å². The second-order valence-corrected chi connectivity index (χ2v) is 14.4. The molecule has 15 heteroatoms. The molecule has 2 N–H and O–H groups in total. The van der Waals surface area contributed by atoms with E-state index in [1.807, 2.05) is 12.1 Å². The van der Waals surface area contributed by atoms with Crippen molar-refractivity contribution < 1.29 is 28.8 Å². The number of aromatic nitrogens is 5. The van der Waals surface area contributed by atoms with Gasteiger partial charge in [0.2, 0.25) is 5.95 Å².